The molecular formula is C41H51N5O8S. The maximum absolute atomic E-state index is 14.5. The molecule has 13 nitrogen and oxygen atoms in total. The Bertz CT molecular complexity index is 1930. The first-order chi connectivity index (χ1) is 26.6. The summed E-state index contributed by atoms with van der Waals surface area (Å²) >= 11 is 0. The number of carbonyl (C=O) groups excluding carboxylic acids is 4. The predicted molar refractivity (Wildman–Crippen MR) is 206 cm³/mol. The highest BCUT2D eigenvalue weighted by Crippen LogP contribution is 2.46. The summed E-state index contributed by atoms with van der Waals surface area (Å²) in [6, 6.07) is 15.8. The molecule has 3 N–H and O–H groups in total. The Morgan fingerprint density at radius 3 is 2.44 bits per heavy atom. The number of nitrogens with zero attached hydrogens (tertiary/aromatic N) is 2. The third-order valence-corrected chi connectivity index (χ3v) is 13.2. The van der Waals surface area contributed by atoms with Crippen LogP contribution < -0.4 is 15.4 Å². The molecule has 2 heterocycles. The Hall–Kier alpha value is -4.72. The van der Waals surface area contributed by atoms with E-state index in [0.29, 0.717) is 44.2 Å². The molecule has 2 aliphatic heterocycles. The third-order valence-electron chi connectivity index (χ3n) is 11.4. The lowest BCUT2D eigenvalue weighted by molar-refractivity contribution is -0.141. The number of carbonyl (C=O) groups is 4. The molecule has 4 fully saturated rings. The number of alkyl carbamates (subject to hydrolysis) is 1. The smallest absolute Gasteiger partial charge is 0.408 e. The molecule has 3 aliphatic carbocycles. The zero-order valence-electron chi connectivity index (χ0n) is 31.3. The molecule has 5 aliphatic rings. The number of oxime groups is 1. The zero-order valence-corrected chi connectivity index (χ0v) is 32.1. The van der Waals surface area contributed by atoms with Crippen molar-refractivity contribution in [1.82, 2.24) is 20.3 Å². The Kier molecular flexibility index (Phi) is 11.6. The maximum Gasteiger partial charge on any atom is 0.408 e. The van der Waals surface area contributed by atoms with Crippen molar-refractivity contribution < 1.29 is 37.2 Å². The number of fused-ring (bicyclic) bond motifs is 2. The van der Waals surface area contributed by atoms with E-state index in [1.54, 1.807) is 0 Å². The van der Waals surface area contributed by atoms with Crippen LogP contribution in [-0.4, -0.2) is 84.5 Å². The van der Waals surface area contributed by atoms with Crippen LogP contribution in [0.4, 0.5) is 4.79 Å². The number of sulfonamides is 1. The van der Waals surface area contributed by atoms with Gasteiger partial charge in [0, 0.05) is 17.9 Å². The predicted octanol–water partition coefficient (Wildman–Crippen LogP) is 5.10. The number of amides is 4. The highest BCUT2D eigenvalue weighted by Gasteiger charge is 2.62. The van der Waals surface area contributed by atoms with E-state index in [1.807, 2.05) is 73.7 Å². The SMILES string of the molecule is CC/C(=N\O[C@@H]1C[C@H]2C(=O)N[C@@]3(C(=O)NS(=O)(=O)C4CC4)C[C@H]3/C=C\CCCCC[C@H](NC(=O)OC3CCC3)C(=O)N2C1)c1ccccc1-c1ccccc1. The van der Waals surface area contributed by atoms with Crippen LogP contribution in [0.25, 0.3) is 11.1 Å². The lowest BCUT2D eigenvalue weighted by Gasteiger charge is -2.30. The minimum absolute atomic E-state index is 0.00614. The fraction of sp³-hybridized carbons (Fsp3) is 0.537. The van der Waals surface area contributed by atoms with E-state index in [2.05, 4.69) is 20.5 Å². The van der Waals surface area contributed by atoms with Gasteiger partial charge in [-0.2, -0.15) is 0 Å². The van der Waals surface area contributed by atoms with Crippen molar-refractivity contribution in [2.45, 2.75) is 125 Å². The highest BCUT2D eigenvalue weighted by molar-refractivity contribution is 7.91. The van der Waals surface area contributed by atoms with E-state index in [0.717, 1.165) is 48.8 Å². The quantitative estimate of drug-likeness (QED) is 0.170. The lowest BCUT2D eigenvalue weighted by Crippen LogP contribution is -2.58. The number of rotatable bonds is 10. The van der Waals surface area contributed by atoms with Gasteiger partial charge in [0.1, 0.15) is 29.8 Å². The van der Waals surface area contributed by atoms with Gasteiger partial charge in [0.05, 0.1) is 17.5 Å². The second-order valence-electron chi connectivity index (χ2n) is 15.4. The summed E-state index contributed by atoms with van der Waals surface area (Å²) in [5.41, 5.74) is 2.12. The van der Waals surface area contributed by atoms with E-state index < -0.39 is 68.7 Å². The lowest BCUT2D eigenvalue weighted by atomic mass is 9.96. The average Bonchev–Trinajstić information content (AvgIpc) is 4.09. The molecule has 294 valence electrons. The maximum atomic E-state index is 14.5. The van der Waals surface area contributed by atoms with Gasteiger partial charge in [-0.3, -0.25) is 19.1 Å². The van der Waals surface area contributed by atoms with E-state index in [9.17, 15) is 27.6 Å². The monoisotopic (exact) mass is 773 g/mol. The van der Waals surface area contributed by atoms with Crippen LogP contribution in [0.5, 0.6) is 0 Å². The summed E-state index contributed by atoms with van der Waals surface area (Å²) in [6.07, 6.45) is 9.95. The number of ether oxygens (including phenoxy) is 1. The number of allylic oxidation sites excluding steroid dienone is 1. The average molecular weight is 774 g/mol. The Labute approximate surface area is 322 Å². The molecule has 0 unspecified atom stereocenters. The molecule has 55 heavy (non-hydrogen) atoms. The van der Waals surface area contributed by atoms with Crippen LogP contribution in [0.3, 0.4) is 0 Å². The second kappa shape index (κ2) is 16.6. The molecule has 3 saturated carbocycles. The third kappa shape index (κ3) is 8.90. The van der Waals surface area contributed by atoms with Crippen LogP contribution in [-0.2, 0) is 34.0 Å². The molecule has 1 saturated heterocycles. The zero-order chi connectivity index (χ0) is 38.6. The molecule has 5 atom stereocenters. The minimum Gasteiger partial charge on any atom is -0.446 e. The van der Waals surface area contributed by atoms with Gasteiger partial charge in [-0.05, 0) is 75.3 Å². The van der Waals surface area contributed by atoms with E-state index in [4.69, 9.17) is 9.57 Å². The van der Waals surface area contributed by atoms with Gasteiger partial charge in [-0.15, -0.1) is 0 Å². The first kappa shape index (κ1) is 38.6. The number of benzene rings is 2. The molecule has 4 amide bonds. The van der Waals surface area contributed by atoms with Gasteiger partial charge >= 0.3 is 6.09 Å². The van der Waals surface area contributed by atoms with Crippen molar-refractivity contribution in [3.05, 3.63) is 72.3 Å². The van der Waals surface area contributed by atoms with E-state index in [-0.39, 0.29) is 25.5 Å². The van der Waals surface area contributed by atoms with Crippen LogP contribution in [0.2, 0.25) is 0 Å². The van der Waals surface area contributed by atoms with Crippen LogP contribution in [0, 0.1) is 5.92 Å². The first-order valence-electron chi connectivity index (χ1n) is 19.8. The molecule has 0 radical (unpaired) electrons. The van der Waals surface area contributed by atoms with Crippen molar-refractivity contribution in [3.8, 4) is 11.1 Å². The highest BCUT2D eigenvalue weighted by atomic mass is 32.2. The summed E-state index contributed by atoms with van der Waals surface area (Å²) in [5.74, 6) is -2.25. The number of hydrogen-bond acceptors (Lipinski definition) is 9. The Balaban J connectivity index is 1.16. The van der Waals surface area contributed by atoms with Crippen molar-refractivity contribution in [2.75, 3.05) is 6.54 Å². The van der Waals surface area contributed by atoms with Gasteiger partial charge in [-0.25, -0.2) is 13.2 Å². The van der Waals surface area contributed by atoms with Gasteiger partial charge < -0.3 is 25.1 Å². The molecule has 14 heteroatoms. The summed E-state index contributed by atoms with van der Waals surface area (Å²) < 4.78 is 33.5. The first-order valence-corrected chi connectivity index (χ1v) is 21.3. The fourth-order valence-corrected chi connectivity index (χ4v) is 9.07. The van der Waals surface area contributed by atoms with Gasteiger partial charge in [0.15, 0.2) is 0 Å². The molecule has 2 aromatic rings. The van der Waals surface area contributed by atoms with Crippen LogP contribution in [0.1, 0.15) is 96.0 Å². The van der Waals surface area contributed by atoms with Crippen LogP contribution >= 0.6 is 0 Å². The Morgan fingerprint density at radius 2 is 1.71 bits per heavy atom. The molecular weight excluding hydrogens is 723 g/mol. The molecule has 2 aromatic carbocycles. The van der Waals surface area contributed by atoms with Gasteiger partial charge in [0.2, 0.25) is 21.8 Å². The topological polar surface area (TPSA) is 173 Å². The van der Waals surface area contributed by atoms with Gasteiger partial charge in [-0.1, -0.05) is 91.7 Å². The normalized spacial score (nSPS) is 28.2. The number of hydrogen-bond donors (Lipinski definition) is 3. The molecule has 0 aromatic heterocycles. The number of nitrogens with one attached hydrogen (secondary N) is 3. The standard InChI is InChI=1S/C41H51N5O8S/c1-2-34(33-20-12-11-19-32(33)27-14-7-6-8-15-27)44-54-30-24-36-37(47)43-41(39(49)45-55(51,52)31-22-23-31)25-28(41)16-9-4-3-5-10-21-35(38(48)46(36)26-30)42-40(50)53-29-17-13-18-29/h6-9,11-12,14-16,19-20,28-31,35-36H,2-5,10,13,17-18,21-26H2,1H3,(H,42,50)(H,43,47)(H,45,49)/b16-9-,44-34+/t28-,30-,35+,36+,41+/m1/s1. The summed E-state index contributed by atoms with van der Waals surface area (Å²) in [7, 11) is -3.88. The van der Waals surface area contributed by atoms with Crippen molar-refractivity contribution in [2.24, 2.45) is 11.1 Å². The van der Waals surface area contributed by atoms with E-state index >= 15 is 0 Å². The summed E-state index contributed by atoms with van der Waals surface area (Å²) in [4.78, 5) is 63.1. The van der Waals surface area contributed by atoms with E-state index in [1.165, 1.54) is 4.90 Å². The largest absolute Gasteiger partial charge is 0.446 e. The van der Waals surface area contributed by atoms with Crippen molar-refractivity contribution in [1.29, 1.82) is 0 Å². The Morgan fingerprint density at radius 1 is 0.945 bits per heavy atom. The van der Waals surface area contributed by atoms with Gasteiger partial charge in [0.25, 0.3) is 5.91 Å². The van der Waals surface area contributed by atoms with Crippen molar-refractivity contribution in [3.63, 3.8) is 0 Å². The molecule has 0 bridgehead atoms. The molecule has 7 rings (SSSR count). The minimum atomic E-state index is -3.88. The second-order valence-corrected chi connectivity index (χ2v) is 17.4. The summed E-state index contributed by atoms with van der Waals surface area (Å²) in [5, 5.41) is 9.67. The molecule has 0 spiro atoms. The summed E-state index contributed by atoms with van der Waals surface area (Å²) in [6.45, 7) is 1.99. The van der Waals surface area contributed by atoms with Crippen LogP contribution in [0.15, 0.2) is 71.9 Å². The van der Waals surface area contributed by atoms with Crippen molar-refractivity contribution >= 4 is 39.5 Å². The fourth-order valence-electron chi connectivity index (χ4n) is 7.70.